The highest BCUT2D eigenvalue weighted by molar-refractivity contribution is 7.12. The fourth-order valence-electron chi connectivity index (χ4n) is 1.06. The summed E-state index contributed by atoms with van der Waals surface area (Å²) in [5.41, 5.74) is 6.12. The first-order valence-electron chi connectivity index (χ1n) is 4.29. The van der Waals surface area contributed by atoms with Crippen LogP contribution in [0.2, 0.25) is 0 Å². The molecule has 2 aromatic heterocycles. The molecule has 2 aromatic rings. The summed E-state index contributed by atoms with van der Waals surface area (Å²) >= 11 is 1.26. The minimum absolute atomic E-state index is 0.663. The lowest BCUT2D eigenvalue weighted by atomic mass is 10.4. The topological polar surface area (TPSA) is 89.6 Å². The number of aromatic nitrogens is 4. The molecule has 0 fully saturated rings. The second-order valence-electron chi connectivity index (χ2n) is 2.72. The third-order valence-electron chi connectivity index (χ3n) is 1.73. The fourth-order valence-corrected chi connectivity index (χ4v) is 1.58. The molecule has 7 heteroatoms. The number of fused-ring (bicyclic) bond motifs is 1. The van der Waals surface area contributed by atoms with Gasteiger partial charge in [-0.3, -0.25) is 0 Å². The van der Waals surface area contributed by atoms with Crippen molar-refractivity contribution in [2.24, 2.45) is 5.73 Å². The number of nitrogens with two attached hydrogens (primary N) is 1. The van der Waals surface area contributed by atoms with Crippen molar-refractivity contribution >= 4 is 27.7 Å². The number of rotatable bonds is 4. The van der Waals surface area contributed by atoms with Gasteiger partial charge in [-0.1, -0.05) is 4.49 Å². The van der Waals surface area contributed by atoms with Crippen molar-refractivity contribution < 1.29 is 0 Å². The Morgan fingerprint density at radius 1 is 1.43 bits per heavy atom. The average Bonchev–Trinajstić information content (AvgIpc) is 2.67. The molecule has 14 heavy (non-hydrogen) atoms. The van der Waals surface area contributed by atoms with E-state index in [0.717, 1.165) is 29.1 Å². The van der Waals surface area contributed by atoms with Gasteiger partial charge in [0.05, 0.1) is 0 Å². The number of anilines is 1. The zero-order valence-electron chi connectivity index (χ0n) is 7.47. The molecule has 2 heterocycles. The second-order valence-corrected chi connectivity index (χ2v) is 3.45. The summed E-state index contributed by atoms with van der Waals surface area (Å²) in [5.74, 6) is 0.734. The Balaban J connectivity index is 2.19. The van der Waals surface area contributed by atoms with Crippen molar-refractivity contribution in [3.8, 4) is 0 Å². The van der Waals surface area contributed by atoms with Crippen LogP contribution in [0.5, 0.6) is 0 Å². The van der Waals surface area contributed by atoms with Crippen LogP contribution in [-0.2, 0) is 0 Å². The highest BCUT2D eigenvalue weighted by atomic mass is 32.1. The molecule has 0 saturated heterocycles. The van der Waals surface area contributed by atoms with Gasteiger partial charge in [0.15, 0.2) is 16.2 Å². The molecule has 0 unspecified atom stereocenters. The van der Waals surface area contributed by atoms with Crippen molar-refractivity contribution in [3.05, 3.63) is 6.33 Å². The molecule has 0 saturated carbocycles. The molecule has 0 amide bonds. The van der Waals surface area contributed by atoms with Gasteiger partial charge in [0.2, 0.25) is 0 Å². The first-order valence-corrected chi connectivity index (χ1v) is 5.06. The van der Waals surface area contributed by atoms with E-state index in [0.29, 0.717) is 6.54 Å². The predicted octanol–water partition coefficient (Wildman–Crippen LogP) is 0.242. The summed E-state index contributed by atoms with van der Waals surface area (Å²) in [6, 6.07) is 0. The van der Waals surface area contributed by atoms with Gasteiger partial charge in [-0.25, -0.2) is 9.97 Å². The van der Waals surface area contributed by atoms with Crippen LogP contribution >= 0.6 is 11.5 Å². The Labute approximate surface area is 84.7 Å². The lowest BCUT2D eigenvalue weighted by Gasteiger charge is -2.02. The summed E-state index contributed by atoms with van der Waals surface area (Å²) in [6.45, 7) is 1.46. The monoisotopic (exact) mass is 210 g/mol. The van der Waals surface area contributed by atoms with E-state index in [-0.39, 0.29) is 0 Å². The molecule has 0 spiro atoms. The molecular formula is C7H10N6S. The van der Waals surface area contributed by atoms with Crippen LogP contribution in [0.1, 0.15) is 6.42 Å². The van der Waals surface area contributed by atoms with Gasteiger partial charge in [0, 0.05) is 18.1 Å². The van der Waals surface area contributed by atoms with Crippen LogP contribution in [0.25, 0.3) is 10.3 Å². The molecular weight excluding hydrogens is 200 g/mol. The SMILES string of the molecule is NCCCNc1ncnc2snnc12. The molecule has 0 bridgehead atoms. The van der Waals surface area contributed by atoms with Crippen LogP contribution < -0.4 is 11.1 Å². The van der Waals surface area contributed by atoms with Gasteiger partial charge < -0.3 is 11.1 Å². The highest BCUT2D eigenvalue weighted by Crippen LogP contribution is 2.18. The number of nitrogens with zero attached hydrogens (tertiary/aromatic N) is 4. The quantitative estimate of drug-likeness (QED) is 0.703. The van der Waals surface area contributed by atoms with Crippen molar-refractivity contribution in [2.75, 3.05) is 18.4 Å². The Morgan fingerprint density at radius 2 is 2.36 bits per heavy atom. The molecule has 6 nitrogen and oxygen atoms in total. The molecule has 0 aliphatic carbocycles. The Morgan fingerprint density at radius 3 is 3.21 bits per heavy atom. The van der Waals surface area contributed by atoms with E-state index in [2.05, 4.69) is 24.9 Å². The maximum Gasteiger partial charge on any atom is 0.169 e. The van der Waals surface area contributed by atoms with Crippen LogP contribution in [-0.4, -0.2) is 32.6 Å². The fraction of sp³-hybridized carbons (Fsp3) is 0.429. The number of nitrogens with one attached hydrogen (secondary N) is 1. The van der Waals surface area contributed by atoms with Gasteiger partial charge in [-0.05, 0) is 13.0 Å². The van der Waals surface area contributed by atoms with Gasteiger partial charge in [0.25, 0.3) is 0 Å². The van der Waals surface area contributed by atoms with E-state index in [1.807, 2.05) is 0 Å². The minimum atomic E-state index is 0.663. The van der Waals surface area contributed by atoms with E-state index in [1.165, 1.54) is 17.9 Å². The van der Waals surface area contributed by atoms with Crippen LogP contribution in [0.3, 0.4) is 0 Å². The number of hydrogen-bond donors (Lipinski definition) is 2. The van der Waals surface area contributed by atoms with Gasteiger partial charge in [0.1, 0.15) is 6.33 Å². The van der Waals surface area contributed by atoms with Crippen molar-refractivity contribution in [1.82, 2.24) is 19.6 Å². The molecule has 0 atom stereocenters. The lowest BCUT2D eigenvalue weighted by molar-refractivity contribution is 0.870. The molecule has 74 valence electrons. The lowest BCUT2D eigenvalue weighted by Crippen LogP contribution is -2.09. The van der Waals surface area contributed by atoms with E-state index in [4.69, 9.17) is 5.73 Å². The normalized spacial score (nSPS) is 10.6. The molecule has 3 N–H and O–H groups in total. The standard InChI is InChI=1S/C7H10N6S/c8-2-1-3-9-6-5-7(11-4-10-6)14-13-12-5/h4H,1-3,8H2,(H,9,10,11). The van der Waals surface area contributed by atoms with Crippen molar-refractivity contribution in [2.45, 2.75) is 6.42 Å². The smallest absolute Gasteiger partial charge is 0.169 e. The first-order chi connectivity index (χ1) is 6.92. The van der Waals surface area contributed by atoms with Crippen LogP contribution in [0.4, 0.5) is 5.82 Å². The van der Waals surface area contributed by atoms with Gasteiger partial charge in [-0.15, -0.1) is 5.10 Å². The van der Waals surface area contributed by atoms with E-state index >= 15 is 0 Å². The molecule has 2 rings (SSSR count). The molecule has 0 aromatic carbocycles. The minimum Gasteiger partial charge on any atom is -0.368 e. The zero-order chi connectivity index (χ0) is 9.80. The van der Waals surface area contributed by atoms with Crippen LogP contribution in [0.15, 0.2) is 6.33 Å². The Kier molecular flexibility index (Phi) is 2.80. The van der Waals surface area contributed by atoms with E-state index in [1.54, 1.807) is 0 Å². The summed E-state index contributed by atoms with van der Waals surface area (Å²) in [7, 11) is 0. The van der Waals surface area contributed by atoms with E-state index in [9.17, 15) is 0 Å². The Hall–Kier alpha value is -1.34. The molecule has 0 aliphatic heterocycles. The van der Waals surface area contributed by atoms with E-state index < -0.39 is 0 Å². The largest absolute Gasteiger partial charge is 0.368 e. The second kappa shape index (κ2) is 4.25. The summed E-state index contributed by atoms with van der Waals surface area (Å²) in [4.78, 5) is 8.94. The van der Waals surface area contributed by atoms with Crippen molar-refractivity contribution in [3.63, 3.8) is 0 Å². The first kappa shape index (κ1) is 9.22. The summed E-state index contributed by atoms with van der Waals surface area (Å²) in [5, 5.41) is 7.09. The maximum absolute atomic E-state index is 5.39. The van der Waals surface area contributed by atoms with Crippen LogP contribution in [0, 0.1) is 0 Å². The molecule has 0 aliphatic rings. The van der Waals surface area contributed by atoms with Gasteiger partial charge >= 0.3 is 0 Å². The molecule has 0 radical (unpaired) electrons. The van der Waals surface area contributed by atoms with Crippen molar-refractivity contribution in [1.29, 1.82) is 0 Å². The maximum atomic E-state index is 5.39. The Bertz CT molecular complexity index is 413. The third-order valence-corrected chi connectivity index (χ3v) is 2.37. The number of hydrogen-bond acceptors (Lipinski definition) is 7. The zero-order valence-corrected chi connectivity index (χ0v) is 8.29. The highest BCUT2D eigenvalue weighted by Gasteiger charge is 2.05. The average molecular weight is 210 g/mol. The van der Waals surface area contributed by atoms with Gasteiger partial charge in [-0.2, -0.15) is 0 Å². The third kappa shape index (κ3) is 1.78. The summed E-state index contributed by atoms with van der Waals surface area (Å²) in [6.07, 6.45) is 2.41. The summed E-state index contributed by atoms with van der Waals surface area (Å²) < 4.78 is 3.81. The predicted molar refractivity (Wildman–Crippen MR) is 55.2 cm³/mol.